The Balaban J connectivity index is 1.55. The fraction of sp³-hybridized carbons (Fsp3) is 0.0952. The maximum atomic E-state index is 13.1. The molecular formula is C21H14F3N3OS. The van der Waals surface area contributed by atoms with Gasteiger partial charge in [0.25, 0.3) is 0 Å². The lowest BCUT2D eigenvalue weighted by atomic mass is 10.1. The number of carbonyl (C=O) groups excluding carboxylic acids is 1. The van der Waals surface area contributed by atoms with Crippen molar-refractivity contribution in [1.29, 1.82) is 0 Å². The number of rotatable bonds is 5. The maximum absolute atomic E-state index is 13.1. The number of fused-ring (bicyclic) bond motifs is 1. The van der Waals surface area contributed by atoms with E-state index in [1.165, 1.54) is 12.4 Å². The zero-order valence-corrected chi connectivity index (χ0v) is 15.7. The van der Waals surface area contributed by atoms with Crippen LogP contribution in [0.15, 0.2) is 66.3 Å². The van der Waals surface area contributed by atoms with Crippen LogP contribution < -0.4 is 5.32 Å². The number of alkyl halides is 3. The Morgan fingerprint density at radius 3 is 2.59 bits per heavy atom. The van der Waals surface area contributed by atoms with E-state index in [1.54, 1.807) is 42.5 Å². The van der Waals surface area contributed by atoms with Gasteiger partial charge in [-0.15, -0.1) is 11.3 Å². The van der Waals surface area contributed by atoms with Gasteiger partial charge in [-0.3, -0.25) is 4.79 Å². The zero-order chi connectivity index (χ0) is 20.4. The molecule has 0 saturated carbocycles. The van der Waals surface area contributed by atoms with Crippen molar-refractivity contribution >= 4 is 33.0 Å². The quantitative estimate of drug-likeness (QED) is 0.428. The van der Waals surface area contributed by atoms with Gasteiger partial charge in [-0.05, 0) is 6.07 Å². The van der Waals surface area contributed by atoms with Gasteiger partial charge in [0, 0.05) is 32.7 Å². The highest BCUT2D eigenvalue weighted by Gasteiger charge is 2.33. The SMILES string of the molecule is O=C(CNc1cc(-c2ccc3c(C(F)(F)F)csc3c2)ncn1)c1ccccc1. The van der Waals surface area contributed by atoms with Gasteiger partial charge in [-0.2, -0.15) is 13.2 Å². The van der Waals surface area contributed by atoms with E-state index in [2.05, 4.69) is 15.3 Å². The van der Waals surface area contributed by atoms with Crippen molar-refractivity contribution in [3.63, 3.8) is 0 Å². The Labute approximate surface area is 168 Å². The minimum atomic E-state index is -4.38. The monoisotopic (exact) mass is 413 g/mol. The topological polar surface area (TPSA) is 54.9 Å². The van der Waals surface area contributed by atoms with Crippen LogP contribution >= 0.6 is 11.3 Å². The molecule has 0 spiro atoms. The number of benzene rings is 2. The molecule has 2 aromatic carbocycles. The summed E-state index contributed by atoms with van der Waals surface area (Å²) in [5.74, 6) is 0.381. The smallest absolute Gasteiger partial charge is 0.362 e. The average molecular weight is 413 g/mol. The number of thiophene rings is 1. The average Bonchev–Trinajstić information content (AvgIpc) is 3.16. The minimum absolute atomic E-state index is 0.0688. The molecule has 4 aromatic rings. The van der Waals surface area contributed by atoms with Crippen LogP contribution in [0.3, 0.4) is 0 Å². The standard InChI is InChI=1S/C21H14F3N3OS/c22-21(23,24)16-11-29-19-8-14(6-7-15(16)19)17-9-20(27-12-26-17)25-10-18(28)13-4-2-1-3-5-13/h1-9,11-12H,10H2,(H,25,26,27). The molecule has 8 heteroatoms. The van der Waals surface area contributed by atoms with E-state index in [4.69, 9.17) is 0 Å². The van der Waals surface area contributed by atoms with E-state index in [1.807, 2.05) is 6.07 Å². The molecule has 146 valence electrons. The van der Waals surface area contributed by atoms with Crippen molar-refractivity contribution in [1.82, 2.24) is 9.97 Å². The summed E-state index contributed by atoms with van der Waals surface area (Å²) in [6, 6.07) is 15.3. The predicted octanol–water partition coefficient (Wildman–Crippen LogP) is 5.67. The lowest BCUT2D eigenvalue weighted by Gasteiger charge is -2.08. The molecule has 4 nitrogen and oxygen atoms in total. The summed E-state index contributed by atoms with van der Waals surface area (Å²) >= 11 is 1.04. The van der Waals surface area contributed by atoms with Gasteiger partial charge in [0.15, 0.2) is 5.78 Å². The first-order chi connectivity index (χ1) is 13.9. The molecule has 0 aliphatic carbocycles. The second-order valence-electron chi connectivity index (χ2n) is 6.29. The van der Waals surface area contributed by atoms with E-state index < -0.39 is 11.7 Å². The van der Waals surface area contributed by atoms with Gasteiger partial charge in [0.1, 0.15) is 12.1 Å². The minimum Gasteiger partial charge on any atom is -0.362 e. The van der Waals surface area contributed by atoms with Gasteiger partial charge in [0.05, 0.1) is 17.8 Å². The van der Waals surface area contributed by atoms with Crippen molar-refractivity contribution in [2.45, 2.75) is 6.18 Å². The summed E-state index contributed by atoms with van der Waals surface area (Å²) in [5, 5.41) is 4.26. The Bertz CT molecular complexity index is 1170. The summed E-state index contributed by atoms with van der Waals surface area (Å²) < 4.78 is 39.7. The number of hydrogen-bond acceptors (Lipinski definition) is 5. The Hall–Kier alpha value is -3.26. The van der Waals surface area contributed by atoms with Crippen molar-refractivity contribution in [2.24, 2.45) is 0 Å². The Kier molecular flexibility index (Phi) is 5.02. The molecule has 0 fully saturated rings. The summed E-state index contributed by atoms with van der Waals surface area (Å²) in [4.78, 5) is 20.5. The summed E-state index contributed by atoms with van der Waals surface area (Å²) in [7, 11) is 0. The van der Waals surface area contributed by atoms with Crippen LogP contribution in [-0.2, 0) is 6.18 Å². The van der Waals surface area contributed by atoms with Crippen molar-refractivity contribution in [3.8, 4) is 11.3 Å². The molecule has 0 aliphatic rings. The van der Waals surface area contributed by atoms with Crippen molar-refractivity contribution < 1.29 is 18.0 Å². The number of nitrogens with zero attached hydrogens (tertiary/aromatic N) is 2. The van der Waals surface area contributed by atoms with Crippen LogP contribution in [0, 0.1) is 0 Å². The highest BCUT2D eigenvalue weighted by molar-refractivity contribution is 7.17. The molecule has 0 bridgehead atoms. The van der Waals surface area contributed by atoms with Gasteiger partial charge in [0.2, 0.25) is 0 Å². The predicted molar refractivity (Wildman–Crippen MR) is 107 cm³/mol. The number of carbonyl (C=O) groups is 1. The van der Waals surface area contributed by atoms with Gasteiger partial charge >= 0.3 is 6.18 Å². The third-order valence-corrected chi connectivity index (χ3v) is 5.31. The first kappa shape index (κ1) is 19.1. The number of aromatic nitrogens is 2. The summed E-state index contributed by atoms with van der Waals surface area (Å²) in [6.45, 7) is 0.0688. The summed E-state index contributed by atoms with van der Waals surface area (Å²) in [6.07, 6.45) is -3.03. The maximum Gasteiger partial charge on any atom is 0.417 e. The third kappa shape index (κ3) is 4.12. The second kappa shape index (κ2) is 7.63. The molecule has 4 rings (SSSR count). The normalized spacial score (nSPS) is 11.6. The number of ketones is 1. The largest absolute Gasteiger partial charge is 0.417 e. The number of hydrogen-bond donors (Lipinski definition) is 1. The molecule has 1 N–H and O–H groups in total. The van der Waals surface area contributed by atoms with Gasteiger partial charge < -0.3 is 5.32 Å². The van der Waals surface area contributed by atoms with Crippen molar-refractivity contribution in [3.05, 3.63) is 77.4 Å². The van der Waals surface area contributed by atoms with E-state index in [0.29, 0.717) is 27.3 Å². The first-order valence-corrected chi connectivity index (χ1v) is 9.53. The van der Waals surface area contributed by atoms with E-state index >= 15 is 0 Å². The highest BCUT2D eigenvalue weighted by atomic mass is 32.1. The third-order valence-electron chi connectivity index (χ3n) is 4.37. The van der Waals surface area contributed by atoms with Crippen molar-refractivity contribution in [2.75, 3.05) is 11.9 Å². The van der Waals surface area contributed by atoms with Gasteiger partial charge in [-0.25, -0.2) is 9.97 Å². The number of nitrogens with one attached hydrogen (secondary N) is 1. The van der Waals surface area contributed by atoms with E-state index in [0.717, 1.165) is 16.7 Å². The molecule has 29 heavy (non-hydrogen) atoms. The molecule has 0 radical (unpaired) electrons. The molecule has 0 unspecified atom stereocenters. The number of Topliss-reactive ketones (excluding diaryl/α,β-unsaturated/α-hetero) is 1. The van der Waals surface area contributed by atoms with E-state index in [9.17, 15) is 18.0 Å². The lowest BCUT2D eigenvalue weighted by molar-refractivity contribution is -0.136. The van der Waals surface area contributed by atoms with Crippen LogP contribution in [0.1, 0.15) is 15.9 Å². The second-order valence-corrected chi connectivity index (χ2v) is 7.20. The molecule has 2 aromatic heterocycles. The molecule has 2 heterocycles. The van der Waals surface area contributed by atoms with E-state index in [-0.39, 0.29) is 17.7 Å². The molecule has 0 amide bonds. The number of anilines is 1. The molecule has 0 aliphatic heterocycles. The fourth-order valence-electron chi connectivity index (χ4n) is 2.92. The Morgan fingerprint density at radius 2 is 1.83 bits per heavy atom. The van der Waals surface area contributed by atoms with Crippen LogP contribution in [0.25, 0.3) is 21.3 Å². The van der Waals surface area contributed by atoms with Crippen LogP contribution in [-0.4, -0.2) is 22.3 Å². The zero-order valence-electron chi connectivity index (χ0n) is 14.9. The lowest BCUT2D eigenvalue weighted by Crippen LogP contribution is -2.14. The molecule has 0 atom stereocenters. The fourth-order valence-corrected chi connectivity index (χ4v) is 3.92. The highest BCUT2D eigenvalue weighted by Crippen LogP contribution is 2.39. The first-order valence-electron chi connectivity index (χ1n) is 8.65. The van der Waals surface area contributed by atoms with Gasteiger partial charge in [-0.1, -0.05) is 42.5 Å². The number of halogens is 3. The summed E-state index contributed by atoms with van der Waals surface area (Å²) in [5.41, 5.74) is 1.19. The molecule has 0 saturated heterocycles. The van der Waals surface area contributed by atoms with Crippen LogP contribution in [0.2, 0.25) is 0 Å². The molecular weight excluding hydrogens is 399 g/mol. The Morgan fingerprint density at radius 1 is 1.03 bits per heavy atom. The van der Waals surface area contributed by atoms with Crippen LogP contribution in [0.4, 0.5) is 19.0 Å². The van der Waals surface area contributed by atoms with Crippen LogP contribution in [0.5, 0.6) is 0 Å².